The second-order valence-electron chi connectivity index (χ2n) is 4.40. The van der Waals surface area contributed by atoms with Gasteiger partial charge >= 0.3 is 6.18 Å². The largest absolute Gasteiger partial charge is 0.397 e. The predicted octanol–water partition coefficient (Wildman–Crippen LogP) is 3.21. The van der Waals surface area contributed by atoms with E-state index in [9.17, 15) is 13.2 Å². The third-order valence-corrected chi connectivity index (χ3v) is 3.61. The summed E-state index contributed by atoms with van der Waals surface area (Å²) < 4.78 is 38.8. The molecule has 1 fully saturated rings. The number of halogens is 4. The molecule has 3 nitrogen and oxygen atoms in total. The highest BCUT2D eigenvalue weighted by Gasteiger charge is 2.42. The van der Waals surface area contributed by atoms with Gasteiger partial charge in [-0.3, -0.25) is 0 Å². The van der Waals surface area contributed by atoms with E-state index in [1.54, 1.807) is 11.0 Å². The average molecular weight is 324 g/mol. The van der Waals surface area contributed by atoms with Crippen molar-refractivity contribution in [2.45, 2.75) is 19.0 Å². The summed E-state index contributed by atoms with van der Waals surface area (Å²) in [6.07, 6.45) is -1.98. The fourth-order valence-electron chi connectivity index (χ4n) is 2.11. The highest BCUT2D eigenvalue weighted by Crippen LogP contribution is 2.36. The molecule has 1 aromatic rings. The van der Waals surface area contributed by atoms with Crippen LogP contribution in [0.3, 0.4) is 0 Å². The Labute approximate surface area is 111 Å². The average Bonchev–Trinajstić information content (AvgIpc) is 2.28. The third kappa shape index (κ3) is 2.88. The van der Waals surface area contributed by atoms with Crippen molar-refractivity contribution in [3.05, 3.63) is 16.7 Å². The molecule has 100 valence electrons. The van der Waals surface area contributed by atoms with Crippen LogP contribution >= 0.6 is 15.9 Å². The molecule has 2 heterocycles. The molecule has 0 aliphatic carbocycles. The van der Waals surface area contributed by atoms with E-state index in [4.69, 9.17) is 5.73 Å². The minimum atomic E-state index is -4.14. The molecule has 2 rings (SSSR count). The fourth-order valence-corrected chi connectivity index (χ4v) is 2.73. The number of hydrogen-bond donors (Lipinski definition) is 1. The van der Waals surface area contributed by atoms with Crippen molar-refractivity contribution in [1.82, 2.24) is 4.98 Å². The summed E-state index contributed by atoms with van der Waals surface area (Å²) in [6, 6.07) is 1.65. The molecule has 0 amide bonds. The number of pyridine rings is 1. The first kappa shape index (κ1) is 13.5. The maximum absolute atomic E-state index is 12.7. The maximum atomic E-state index is 12.7. The predicted molar refractivity (Wildman–Crippen MR) is 67.3 cm³/mol. The van der Waals surface area contributed by atoms with Gasteiger partial charge in [0.2, 0.25) is 0 Å². The third-order valence-electron chi connectivity index (χ3n) is 3.03. The zero-order chi connectivity index (χ0) is 13.3. The summed E-state index contributed by atoms with van der Waals surface area (Å²) in [6.45, 7) is 0.543. The normalized spacial score (nSPS) is 21.1. The second-order valence-corrected chi connectivity index (χ2v) is 5.26. The quantitative estimate of drug-likeness (QED) is 0.863. The van der Waals surface area contributed by atoms with Crippen LogP contribution in [0, 0.1) is 5.92 Å². The van der Waals surface area contributed by atoms with Gasteiger partial charge in [0.25, 0.3) is 0 Å². The first-order valence-corrected chi connectivity index (χ1v) is 6.40. The van der Waals surface area contributed by atoms with Crippen LogP contribution in [0.5, 0.6) is 0 Å². The number of piperidine rings is 1. The van der Waals surface area contributed by atoms with E-state index in [0.29, 0.717) is 28.9 Å². The highest BCUT2D eigenvalue weighted by molar-refractivity contribution is 9.10. The van der Waals surface area contributed by atoms with Crippen LogP contribution in [-0.2, 0) is 0 Å². The molecule has 1 saturated heterocycles. The number of nitrogens with two attached hydrogens (primary N) is 1. The number of rotatable bonds is 1. The van der Waals surface area contributed by atoms with Crippen LogP contribution in [-0.4, -0.2) is 24.2 Å². The number of nitrogens with zero attached hydrogens (tertiary/aromatic N) is 2. The zero-order valence-corrected chi connectivity index (χ0v) is 11.1. The molecule has 1 unspecified atom stereocenters. The van der Waals surface area contributed by atoms with E-state index in [1.165, 1.54) is 6.20 Å². The molecule has 1 aromatic heterocycles. The van der Waals surface area contributed by atoms with Gasteiger partial charge < -0.3 is 10.6 Å². The zero-order valence-electron chi connectivity index (χ0n) is 9.54. The Bertz CT molecular complexity index is 436. The molecule has 0 saturated carbocycles. The van der Waals surface area contributed by atoms with Crippen LogP contribution in [0.4, 0.5) is 24.7 Å². The first-order chi connectivity index (χ1) is 8.38. The van der Waals surface area contributed by atoms with Crippen molar-refractivity contribution in [2.24, 2.45) is 5.92 Å². The SMILES string of the molecule is Nc1cnc(N2CCCC(C(F)(F)F)C2)c(Br)c1. The van der Waals surface area contributed by atoms with E-state index in [1.807, 2.05) is 0 Å². The molecule has 0 bridgehead atoms. The maximum Gasteiger partial charge on any atom is 0.393 e. The van der Waals surface area contributed by atoms with Crippen LogP contribution in [0.25, 0.3) is 0 Å². The molecule has 1 aliphatic rings. The molecule has 2 N–H and O–H groups in total. The lowest BCUT2D eigenvalue weighted by Gasteiger charge is -2.34. The van der Waals surface area contributed by atoms with E-state index >= 15 is 0 Å². The minimum absolute atomic E-state index is 0.0426. The monoisotopic (exact) mass is 323 g/mol. The number of nitrogen functional groups attached to an aromatic ring is 1. The van der Waals surface area contributed by atoms with Crippen molar-refractivity contribution in [3.63, 3.8) is 0 Å². The van der Waals surface area contributed by atoms with Gasteiger partial charge in [0.1, 0.15) is 5.82 Å². The van der Waals surface area contributed by atoms with Gasteiger partial charge in [-0.15, -0.1) is 0 Å². The van der Waals surface area contributed by atoms with Crippen molar-refractivity contribution in [2.75, 3.05) is 23.7 Å². The lowest BCUT2D eigenvalue weighted by molar-refractivity contribution is -0.176. The van der Waals surface area contributed by atoms with Crippen molar-refractivity contribution < 1.29 is 13.2 Å². The number of hydrogen-bond acceptors (Lipinski definition) is 3. The van der Waals surface area contributed by atoms with Gasteiger partial charge in [-0.25, -0.2) is 4.98 Å². The van der Waals surface area contributed by atoms with E-state index in [-0.39, 0.29) is 13.0 Å². The number of anilines is 2. The molecular weight excluding hydrogens is 311 g/mol. The Hall–Kier alpha value is -0.980. The molecule has 0 spiro atoms. The molecule has 18 heavy (non-hydrogen) atoms. The molecule has 1 aliphatic heterocycles. The van der Waals surface area contributed by atoms with Crippen LogP contribution in [0.1, 0.15) is 12.8 Å². The molecular formula is C11H13BrF3N3. The summed E-state index contributed by atoms with van der Waals surface area (Å²) in [5.41, 5.74) is 6.04. The summed E-state index contributed by atoms with van der Waals surface area (Å²) in [5.74, 6) is -0.754. The van der Waals surface area contributed by atoms with Gasteiger partial charge in [-0.2, -0.15) is 13.2 Å². The first-order valence-electron chi connectivity index (χ1n) is 5.60. The van der Waals surface area contributed by atoms with E-state index in [2.05, 4.69) is 20.9 Å². The van der Waals surface area contributed by atoms with Gasteiger partial charge in [-0.1, -0.05) is 0 Å². The summed E-state index contributed by atoms with van der Waals surface area (Å²) in [7, 11) is 0. The number of alkyl halides is 3. The van der Waals surface area contributed by atoms with Gasteiger partial charge in [0.05, 0.1) is 22.3 Å². The molecule has 1 atom stereocenters. The Morgan fingerprint density at radius 1 is 1.44 bits per heavy atom. The highest BCUT2D eigenvalue weighted by atomic mass is 79.9. The minimum Gasteiger partial charge on any atom is -0.397 e. The molecule has 0 aromatic carbocycles. The number of aromatic nitrogens is 1. The summed E-state index contributed by atoms with van der Waals surface area (Å²) in [4.78, 5) is 5.76. The molecule has 0 radical (unpaired) electrons. The second kappa shape index (κ2) is 4.95. The van der Waals surface area contributed by atoms with Crippen LogP contribution in [0.2, 0.25) is 0 Å². The summed E-state index contributed by atoms with van der Waals surface area (Å²) >= 11 is 3.29. The fraction of sp³-hybridized carbons (Fsp3) is 0.545. The van der Waals surface area contributed by atoms with Gasteiger partial charge in [-0.05, 0) is 34.8 Å². The van der Waals surface area contributed by atoms with Crippen LogP contribution < -0.4 is 10.6 Å². The Kier molecular flexibility index (Phi) is 3.70. The Morgan fingerprint density at radius 2 is 2.17 bits per heavy atom. The van der Waals surface area contributed by atoms with Crippen LogP contribution in [0.15, 0.2) is 16.7 Å². The van der Waals surface area contributed by atoms with Crippen molar-refractivity contribution >= 4 is 27.4 Å². The standard InChI is InChI=1S/C11H13BrF3N3/c12-9-4-8(16)5-17-10(9)18-3-1-2-7(6-18)11(13,14)15/h4-5,7H,1-3,6,16H2. The smallest absolute Gasteiger partial charge is 0.393 e. The van der Waals surface area contributed by atoms with E-state index in [0.717, 1.165) is 0 Å². The molecule has 7 heteroatoms. The van der Waals surface area contributed by atoms with Gasteiger partial charge in [0, 0.05) is 13.1 Å². The van der Waals surface area contributed by atoms with Gasteiger partial charge in [0.15, 0.2) is 0 Å². The lowest BCUT2D eigenvalue weighted by Crippen LogP contribution is -2.42. The Morgan fingerprint density at radius 3 is 2.78 bits per heavy atom. The Balaban J connectivity index is 2.18. The lowest BCUT2D eigenvalue weighted by atomic mass is 9.97. The van der Waals surface area contributed by atoms with E-state index < -0.39 is 12.1 Å². The topological polar surface area (TPSA) is 42.1 Å². The van der Waals surface area contributed by atoms with Crippen molar-refractivity contribution in [1.29, 1.82) is 0 Å². The van der Waals surface area contributed by atoms with Crippen molar-refractivity contribution in [3.8, 4) is 0 Å². The summed E-state index contributed by atoms with van der Waals surface area (Å²) in [5, 5.41) is 0.